The van der Waals surface area contributed by atoms with E-state index in [1.165, 1.54) is 0 Å². The summed E-state index contributed by atoms with van der Waals surface area (Å²) in [6, 6.07) is 0. The van der Waals surface area contributed by atoms with Crippen LogP contribution in [0, 0.1) is 0 Å². The van der Waals surface area contributed by atoms with Crippen LogP contribution in [-0.4, -0.2) is 34.4 Å². The predicted octanol–water partition coefficient (Wildman–Crippen LogP) is 2.12. The summed E-state index contributed by atoms with van der Waals surface area (Å²) in [5.41, 5.74) is 0. The lowest BCUT2D eigenvalue weighted by Gasteiger charge is -2.14. The Labute approximate surface area is 98.4 Å². The SMILES string of the molecule is O=C(OC(=O)C(F)(F)CBr)C(F)(F)CBr. The van der Waals surface area contributed by atoms with E-state index in [1.807, 2.05) is 0 Å². The van der Waals surface area contributed by atoms with E-state index in [1.54, 1.807) is 0 Å². The van der Waals surface area contributed by atoms with Crippen molar-refractivity contribution in [3.05, 3.63) is 0 Å². The fourth-order valence-electron chi connectivity index (χ4n) is 0.343. The van der Waals surface area contributed by atoms with Crippen molar-refractivity contribution in [3.8, 4) is 0 Å². The summed E-state index contributed by atoms with van der Waals surface area (Å²) in [6.45, 7) is 0. The van der Waals surface area contributed by atoms with Crippen LogP contribution in [0.1, 0.15) is 0 Å². The second kappa shape index (κ2) is 5.24. The van der Waals surface area contributed by atoms with Crippen LogP contribution in [0.2, 0.25) is 0 Å². The molecule has 0 aliphatic heterocycles. The minimum Gasteiger partial charge on any atom is -0.384 e. The van der Waals surface area contributed by atoms with Gasteiger partial charge < -0.3 is 4.74 Å². The van der Waals surface area contributed by atoms with Gasteiger partial charge in [0, 0.05) is 0 Å². The molecule has 0 spiro atoms. The first-order valence-electron chi connectivity index (χ1n) is 3.31. The lowest BCUT2D eigenvalue weighted by atomic mass is 10.4. The Morgan fingerprint density at radius 3 is 1.40 bits per heavy atom. The second-order valence-electron chi connectivity index (χ2n) is 2.35. The molecular weight excluding hydrogens is 356 g/mol. The molecule has 3 nitrogen and oxygen atoms in total. The highest BCUT2D eigenvalue weighted by Gasteiger charge is 2.47. The van der Waals surface area contributed by atoms with E-state index in [0.29, 0.717) is 0 Å². The zero-order chi connectivity index (χ0) is 12.3. The zero-order valence-electron chi connectivity index (χ0n) is 6.91. The van der Waals surface area contributed by atoms with Gasteiger partial charge in [-0.2, -0.15) is 17.6 Å². The van der Waals surface area contributed by atoms with Crippen molar-refractivity contribution < 1.29 is 31.9 Å². The lowest BCUT2D eigenvalue weighted by Crippen LogP contribution is -2.40. The summed E-state index contributed by atoms with van der Waals surface area (Å²) >= 11 is 4.54. The molecule has 0 unspecified atom stereocenters. The van der Waals surface area contributed by atoms with Crippen molar-refractivity contribution in [3.63, 3.8) is 0 Å². The third-order valence-electron chi connectivity index (χ3n) is 1.12. The molecule has 9 heteroatoms. The van der Waals surface area contributed by atoms with Crippen molar-refractivity contribution in [2.24, 2.45) is 0 Å². The topological polar surface area (TPSA) is 43.4 Å². The third-order valence-corrected chi connectivity index (χ3v) is 2.53. The van der Waals surface area contributed by atoms with Crippen molar-refractivity contribution in [1.29, 1.82) is 0 Å². The molecule has 0 aliphatic rings. The fourth-order valence-corrected chi connectivity index (χ4v) is 0.800. The molecule has 0 amide bonds. The van der Waals surface area contributed by atoms with E-state index in [9.17, 15) is 27.2 Å². The monoisotopic (exact) mass is 358 g/mol. The second-order valence-corrected chi connectivity index (χ2v) is 3.47. The number of carbonyl (C=O) groups excluding carboxylic acids is 2. The molecule has 0 aliphatic carbocycles. The Hall–Kier alpha value is -0.180. The number of hydrogen-bond acceptors (Lipinski definition) is 3. The first kappa shape index (κ1) is 14.8. The minimum atomic E-state index is -4.02. The first-order chi connectivity index (χ1) is 6.67. The summed E-state index contributed by atoms with van der Waals surface area (Å²) in [7, 11) is 0. The molecular formula is C6H4Br2F4O3. The first-order valence-corrected chi connectivity index (χ1v) is 5.56. The van der Waals surface area contributed by atoms with Crippen molar-refractivity contribution in [2.75, 3.05) is 10.7 Å². The minimum absolute atomic E-state index is 1.12. The van der Waals surface area contributed by atoms with E-state index in [2.05, 4.69) is 36.6 Å². The molecule has 0 heterocycles. The molecule has 0 rings (SSSR count). The van der Waals surface area contributed by atoms with Gasteiger partial charge in [0.2, 0.25) is 0 Å². The van der Waals surface area contributed by atoms with Crippen LogP contribution >= 0.6 is 31.9 Å². The van der Waals surface area contributed by atoms with Gasteiger partial charge in [0.05, 0.1) is 10.7 Å². The van der Waals surface area contributed by atoms with Gasteiger partial charge in [0.1, 0.15) is 0 Å². The molecule has 0 bridgehead atoms. The number of alkyl halides is 6. The molecule has 15 heavy (non-hydrogen) atoms. The average Bonchev–Trinajstić information content (AvgIpc) is 2.17. The van der Waals surface area contributed by atoms with Crippen LogP contribution in [0.4, 0.5) is 17.6 Å². The maximum Gasteiger partial charge on any atom is 0.385 e. The molecule has 0 aromatic carbocycles. The Morgan fingerprint density at radius 2 is 1.20 bits per heavy atom. The molecule has 0 aromatic rings. The highest BCUT2D eigenvalue weighted by molar-refractivity contribution is 9.09. The van der Waals surface area contributed by atoms with Crippen LogP contribution < -0.4 is 0 Å². The molecule has 0 saturated carbocycles. The van der Waals surface area contributed by atoms with E-state index < -0.39 is 34.4 Å². The predicted molar refractivity (Wildman–Crippen MR) is 48.6 cm³/mol. The fraction of sp³-hybridized carbons (Fsp3) is 0.667. The Balaban J connectivity index is 4.51. The highest BCUT2D eigenvalue weighted by atomic mass is 79.9. The van der Waals surface area contributed by atoms with Crippen LogP contribution in [0.3, 0.4) is 0 Å². The molecule has 88 valence electrons. The average molecular weight is 360 g/mol. The van der Waals surface area contributed by atoms with Crippen molar-refractivity contribution in [2.45, 2.75) is 11.8 Å². The smallest absolute Gasteiger partial charge is 0.384 e. The Bertz CT molecular complexity index is 243. The van der Waals surface area contributed by atoms with Gasteiger partial charge in [0.25, 0.3) is 0 Å². The quantitative estimate of drug-likeness (QED) is 0.334. The Kier molecular flexibility index (Phi) is 5.18. The van der Waals surface area contributed by atoms with Gasteiger partial charge >= 0.3 is 23.8 Å². The summed E-state index contributed by atoms with van der Waals surface area (Å²) in [4.78, 5) is 21.0. The summed E-state index contributed by atoms with van der Waals surface area (Å²) < 4.78 is 53.2. The van der Waals surface area contributed by atoms with Gasteiger partial charge in [-0.25, -0.2) is 9.59 Å². The number of ether oxygens (including phenoxy) is 1. The summed E-state index contributed by atoms with van der Waals surface area (Å²) in [5, 5.41) is -2.24. The third kappa shape index (κ3) is 4.06. The number of esters is 2. The molecule has 0 radical (unpaired) electrons. The van der Waals surface area contributed by atoms with E-state index in [0.717, 1.165) is 0 Å². The van der Waals surface area contributed by atoms with E-state index in [-0.39, 0.29) is 0 Å². The van der Waals surface area contributed by atoms with Crippen LogP contribution in [-0.2, 0) is 14.3 Å². The lowest BCUT2D eigenvalue weighted by molar-refractivity contribution is -0.188. The zero-order valence-corrected chi connectivity index (χ0v) is 10.1. The van der Waals surface area contributed by atoms with Gasteiger partial charge in [-0.15, -0.1) is 0 Å². The van der Waals surface area contributed by atoms with Gasteiger partial charge in [-0.3, -0.25) is 0 Å². The maximum atomic E-state index is 12.5. The molecule has 0 N–H and O–H groups in total. The highest BCUT2D eigenvalue weighted by Crippen LogP contribution is 2.22. The van der Waals surface area contributed by atoms with Crippen LogP contribution in [0.25, 0.3) is 0 Å². The normalized spacial score (nSPS) is 12.4. The van der Waals surface area contributed by atoms with Crippen molar-refractivity contribution >= 4 is 43.8 Å². The summed E-state index contributed by atoms with van der Waals surface area (Å²) in [5.74, 6) is -12.7. The molecule has 0 aromatic heterocycles. The number of rotatable bonds is 4. The largest absolute Gasteiger partial charge is 0.385 e. The van der Waals surface area contributed by atoms with Crippen molar-refractivity contribution in [1.82, 2.24) is 0 Å². The Morgan fingerprint density at radius 1 is 0.933 bits per heavy atom. The maximum absolute atomic E-state index is 12.5. The number of hydrogen-bond donors (Lipinski definition) is 0. The molecule has 0 atom stereocenters. The molecule has 0 fully saturated rings. The number of halogens is 6. The standard InChI is InChI=1S/C6H4Br2F4O3/c7-1-5(9,10)3(13)15-4(14)6(11,12)2-8/h1-2H2. The van der Waals surface area contributed by atoms with Crippen LogP contribution in [0.15, 0.2) is 0 Å². The molecule has 0 saturated heterocycles. The van der Waals surface area contributed by atoms with E-state index in [4.69, 9.17) is 0 Å². The van der Waals surface area contributed by atoms with Gasteiger partial charge in [-0.1, -0.05) is 31.9 Å². The van der Waals surface area contributed by atoms with Gasteiger partial charge in [0.15, 0.2) is 0 Å². The van der Waals surface area contributed by atoms with Gasteiger partial charge in [-0.05, 0) is 0 Å². The summed E-state index contributed by atoms with van der Waals surface area (Å²) in [6.07, 6.45) is 0. The van der Waals surface area contributed by atoms with E-state index >= 15 is 0 Å². The number of carbonyl (C=O) groups is 2. The van der Waals surface area contributed by atoms with Crippen LogP contribution in [0.5, 0.6) is 0 Å².